The lowest BCUT2D eigenvalue weighted by atomic mass is 10.1. The molecule has 0 spiro atoms. The van der Waals surface area contributed by atoms with Crippen molar-refractivity contribution < 1.29 is 14.3 Å². The molecule has 2 aliphatic rings. The Bertz CT molecular complexity index is 462. The van der Waals surface area contributed by atoms with Crippen molar-refractivity contribution in [1.29, 1.82) is 0 Å². The molecule has 2 atom stereocenters. The van der Waals surface area contributed by atoms with Crippen LogP contribution in [0.4, 0.5) is 0 Å². The van der Waals surface area contributed by atoms with Gasteiger partial charge in [-0.05, 0) is 12.1 Å². The summed E-state index contributed by atoms with van der Waals surface area (Å²) in [5, 5.41) is 0. The van der Waals surface area contributed by atoms with Gasteiger partial charge in [0, 0.05) is 5.92 Å². The zero-order valence-corrected chi connectivity index (χ0v) is 9.55. The van der Waals surface area contributed by atoms with E-state index in [2.05, 4.69) is 0 Å². The fraction of sp³-hybridized carbons (Fsp3) is 0.385. The molecule has 4 heteroatoms. The number of fused-ring (bicyclic) bond motifs is 1. The average molecular weight is 231 g/mol. The molecular formula is C13H13NO3. The van der Waals surface area contributed by atoms with Gasteiger partial charge in [0.05, 0.1) is 30.4 Å². The van der Waals surface area contributed by atoms with Crippen molar-refractivity contribution in [3.05, 3.63) is 35.4 Å². The summed E-state index contributed by atoms with van der Waals surface area (Å²) >= 11 is 0. The van der Waals surface area contributed by atoms with Crippen LogP contribution < -0.4 is 0 Å². The first-order valence-corrected chi connectivity index (χ1v) is 5.75. The number of amides is 2. The zero-order chi connectivity index (χ0) is 12.0. The quantitative estimate of drug-likeness (QED) is 0.685. The number of nitrogens with zero attached hydrogens (tertiary/aromatic N) is 1. The second kappa shape index (κ2) is 3.67. The van der Waals surface area contributed by atoms with Crippen molar-refractivity contribution in [3.63, 3.8) is 0 Å². The molecule has 3 rings (SSSR count). The maximum absolute atomic E-state index is 12.2. The standard InChI is InChI=1S/C13H13NO3/c1-8-6-17-7-11(8)14-12(15)9-4-2-3-5-10(9)13(14)16/h2-5,8,11H,6-7H2,1H3/t8-,11-/m0/s1. The second-order valence-electron chi connectivity index (χ2n) is 4.61. The maximum Gasteiger partial charge on any atom is 0.261 e. The van der Waals surface area contributed by atoms with E-state index in [0.29, 0.717) is 24.3 Å². The normalized spacial score (nSPS) is 27.7. The Morgan fingerprint density at radius 2 is 1.71 bits per heavy atom. The van der Waals surface area contributed by atoms with E-state index in [1.54, 1.807) is 24.3 Å². The molecule has 4 nitrogen and oxygen atoms in total. The molecule has 1 aromatic carbocycles. The monoisotopic (exact) mass is 231 g/mol. The topological polar surface area (TPSA) is 46.6 Å². The SMILES string of the molecule is C[C@H]1COC[C@@H]1N1C(=O)c2ccccc2C1=O. The smallest absolute Gasteiger partial charge is 0.261 e. The van der Waals surface area contributed by atoms with E-state index in [0.717, 1.165) is 0 Å². The van der Waals surface area contributed by atoms with E-state index in [9.17, 15) is 9.59 Å². The first kappa shape index (κ1) is 10.5. The molecule has 0 bridgehead atoms. The summed E-state index contributed by atoms with van der Waals surface area (Å²) in [5.74, 6) is -0.168. The van der Waals surface area contributed by atoms with Gasteiger partial charge in [-0.1, -0.05) is 19.1 Å². The molecule has 2 heterocycles. The van der Waals surface area contributed by atoms with Crippen LogP contribution in [0.3, 0.4) is 0 Å². The summed E-state index contributed by atoms with van der Waals surface area (Å²) < 4.78 is 5.33. The van der Waals surface area contributed by atoms with Gasteiger partial charge >= 0.3 is 0 Å². The van der Waals surface area contributed by atoms with Crippen LogP contribution in [0, 0.1) is 5.92 Å². The maximum atomic E-state index is 12.2. The van der Waals surface area contributed by atoms with Crippen LogP contribution in [0.25, 0.3) is 0 Å². The van der Waals surface area contributed by atoms with Crippen molar-refractivity contribution in [1.82, 2.24) is 4.90 Å². The molecule has 0 aromatic heterocycles. The minimum absolute atomic E-state index is 0.123. The third-order valence-electron chi connectivity index (χ3n) is 3.48. The van der Waals surface area contributed by atoms with E-state index in [1.165, 1.54) is 4.90 Å². The van der Waals surface area contributed by atoms with Crippen molar-refractivity contribution in [2.45, 2.75) is 13.0 Å². The Balaban J connectivity index is 2.00. The second-order valence-corrected chi connectivity index (χ2v) is 4.61. The highest BCUT2D eigenvalue weighted by Gasteiger charge is 2.43. The highest BCUT2D eigenvalue weighted by atomic mass is 16.5. The summed E-state index contributed by atoms with van der Waals surface area (Å²) in [6, 6.07) is 6.85. The summed E-state index contributed by atoms with van der Waals surface area (Å²) in [5.41, 5.74) is 1.02. The third-order valence-corrected chi connectivity index (χ3v) is 3.48. The Morgan fingerprint density at radius 3 is 2.18 bits per heavy atom. The molecule has 0 saturated carbocycles. The number of carbonyl (C=O) groups is 2. The molecule has 1 fully saturated rings. The van der Waals surface area contributed by atoms with Crippen LogP contribution >= 0.6 is 0 Å². The van der Waals surface area contributed by atoms with Gasteiger partial charge in [0.15, 0.2) is 0 Å². The number of rotatable bonds is 1. The van der Waals surface area contributed by atoms with Gasteiger partial charge < -0.3 is 4.74 Å². The molecule has 1 saturated heterocycles. The number of benzene rings is 1. The van der Waals surface area contributed by atoms with Crippen molar-refractivity contribution in [2.24, 2.45) is 5.92 Å². The average Bonchev–Trinajstić information content (AvgIpc) is 2.84. The fourth-order valence-corrected chi connectivity index (χ4v) is 2.49. The largest absolute Gasteiger partial charge is 0.379 e. The van der Waals surface area contributed by atoms with Crippen LogP contribution in [0.1, 0.15) is 27.6 Å². The van der Waals surface area contributed by atoms with Crippen LogP contribution in [-0.4, -0.2) is 36.0 Å². The number of imide groups is 1. The van der Waals surface area contributed by atoms with E-state index in [-0.39, 0.29) is 23.8 Å². The lowest BCUT2D eigenvalue weighted by molar-refractivity contribution is 0.0547. The molecule has 1 aromatic rings. The van der Waals surface area contributed by atoms with E-state index >= 15 is 0 Å². The van der Waals surface area contributed by atoms with Crippen LogP contribution in [0.2, 0.25) is 0 Å². The first-order chi connectivity index (χ1) is 8.20. The van der Waals surface area contributed by atoms with Gasteiger partial charge in [0.2, 0.25) is 0 Å². The summed E-state index contributed by atoms with van der Waals surface area (Å²) in [4.78, 5) is 25.7. The zero-order valence-electron chi connectivity index (χ0n) is 9.55. The Hall–Kier alpha value is -1.68. The highest BCUT2D eigenvalue weighted by molar-refractivity contribution is 6.21. The van der Waals surface area contributed by atoms with Gasteiger partial charge in [-0.2, -0.15) is 0 Å². The van der Waals surface area contributed by atoms with Gasteiger partial charge in [-0.3, -0.25) is 14.5 Å². The molecule has 0 unspecified atom stereocenters. The lowest BCUT2D eigenvalue weighted by Crippen LogP contribution is -2.43. The van der Waals surface area contributed by atoms with Gasteiger partial charge in [-0.25, -0.2) is 0 Å². The molecule has 2 amide bonds. The van der Waals surface area contributed by atoms with E-state index < -0.39 is 0 Å². The van der Waals surface area contributed by atoms with Crippen molar-refractivity contribution in [2.75, 3.05) is 13.2 Å². The molecular weight excluding hydrogens is 218 g/mol. The van der Waals surface area contributed by atoms with Gasteiger partial charge in [0.1, 0.15) is 0 Å². The molecule has 0 radical (unpaired) electrons. The first-order valence-electron chi connectivity index (χ1n) is 5.75. The highest BCUT2D eigenvalue weighted by Crippen LogP contribution is 2.29. The van der Waals surface area contributed by atoms with Crippen LogP contribution in [0.15, 0.2) is 24.3 Å². The molecule has 88 valence electrons. The number of carbonyl (C=O) groups excluding carboxylic acids is 2. The Kier molecular flexibility index (Phi) is 2.26. The predicted octanol–water partition coefficient (Wildman–Crippen LogP) is 1.32. The number of hydrogen-bond donors (Lipinski definition) is 0. The molecule has 2 aliphatic heterocycles. The summed E-state index contributed by atoms with van der Waals surface area (Å²) in [7, 11) is 0. The lowest BCUT2D eigenvalue weighted by Gasteiger charge is -2.23. The van der Waals surface area contributed by atoms with Gasteiger partial charge in [-0.15, -0.1) is 0 Å². The Morgan fingerprint density at radius 1 is 1.12 bits per heavy atom. The van der Waals surface area contributed by atoms with Gasteiger partial charge in [0.25, 0.3) is 11.8 Å². The fourth-order valence-electron chi connectivity index (χ4n) is 2.49. The van der Waals surface area contributed by atoms with Crippen molar-refractivity contribution >= 4 is 11.8 Å². The molecule has 17 heavy (non-hydrogen) atoms. The Labute approximate surface area is 99.2 Å². The third kappa shape index (κ3) is 1.41. The van der Waals surface area contributed by atoms with Crippen LogP contribution in [0.5, 0.6) is 0 Å². The molecule has 0 aliphatic carbocycles. The van der Waals surface area contributed by atoms with Crippen LogP contribution in [-0.2, 0) is 4.74 Å². The van der Waals surface area contributed by atoms with E-state index in [1.807, 2.05) is 6.92 Å². The van der Waals surface area contributed by atoms with E-state index in [4.69, 9.17) is 4.74 Å². The molecule has 0 N–H and O–H groups in total. The predicted molar refractivity (Wildman–Crippen MR) is 60.7 cm³/mol. The minimum atomic E-state index is -0.187. The van der Waals surface area contributed by atoms with Crippen molar-refractivity contribution in [3.8, 4) is 0 Å². The number of hydrogen-bond acceptors (Lipinski definition) is 3. The summed E-state index contributed by atoms with van der Waals surface area (Å²) in [6.45, 7) is 3.06. The summed E-state index contributed by atoms with van der Waals surface area (Å²) in [6.07, 6.45) is 0. The number of ether oxygens (including phenoxy) is 1. The minimum Gasteiger partial charge on any atom is -0.379 e.